The molecule has 0 spiro atoms. The summed E-state index contributed by atoms with van der Waals surface area (Å²) in [5.41, 5.74) is 1.69. The van der Waals surface area contributed by atoms with Crippen LogP contribution < -0.4 is 9.47 Å². The van der Waals surface area contributed by atoms with Crippen molar-refractivity contribution in [1.29, 1.82) is 5.26 Å². The van der Waals surface area contributed by atoms with Gasteiger partial charge in [-0.25, -0.2) is 4.79 Å². The zero-order valence-corrected chi connectivity index (χ0v) is 15.4. The van der Waals surface area contributed by atoms with Gasteiger partial charge in [-0.3, -0.25) is 0 Å². The van der Waals surface area contributed by atoms with Crippen molar-refractivity contribution >= 4 is 23.8 Å². The van der Waals surface area contributed by atoms with Crippen LogP contribution in [-0.2, 0) is 16.1 Å². The molecule has 26 heavy (non-hydrogen) atoms. The summed E-state index contributed by atoms with van der Waals surface area (Å²) in [4.78, 5) is 13.0. The maximum atomic E-state index is 11.9. The van der Waals surface area contributed by atoms with Crippen molar-refractivity contribution in [2.75, 3.05) is 20.0 Å². The normalized spacial score (nSPS) is 10.3. The molecule has 0 aliphatic rings. The zero-order valence-electron chi connectivity index (χ0n) is 14.6. The number of thioether (sulfide) groups is 1. The van der Waals surface area contributed by atoms with Gasteiger partial charge in [-0.2, -0.15) is 5.26 Å². The third-order valence-corrected chi connectivity index (χ3v) is 4.18. The maximum Gasteiger partial charge on any atom is 0.331 e. The first-order valence-electron chi connectivity index (χ1n) is 7.82. The lowest BCUT2D eigenvalue weighted by molar-refractivity contribution is -0.138. The fourth-order valence-electron chi connectivity index (χ4n) is 2.11. The van der Waals surface area contributed by atoms with E-state index in [0.29, 0.717) is 11.5 Å². The van der Waals surface area contributed by atoms with Gasteiger partial charge in [0.2, 0.25) is 0 Å². The lowest BCUT2D eigenvalue weighted by atomic mass is 10.2. The standard InChI is InChI=1S/C20H19NO4S/c1-23-19-13-15(5-9-18(19)24-12-11-21)6-10-20(22)25-14-16-3-7-17(26-2)8-4-16/h3-10,13H,12,14H2,1-2H3/b10-6+. The second kappa shape index (κ2) is 10.2. The van der Waals surface area contributed by atoms with E-state index in [1.54, 1.807) is 36.0 Å². The van der Waals surface area contributed by atoms with Gasteiger partial charge in [-0.05, 0) is 47.7 Å². The van der Waals surface area contributed by atoms with E-state index in [0.717, 1.165) is 16.0 Å². The monoisotopic (exact) mass is 369 g/mol. The number of carbonyl (C=O) groups is 1. The summed E-state index contributed by atoms with van der Waals surface area (Å²) in [5, 5.41) is 8.57. The van der Waals surface area contributed by atoms with Crippen LogP contribution in [0, 0.1) is 11.3 Å². The van der Waals surface area contributed by atoms with Crippen molar-refractivity contribution in [2.45, 2.75) is 11.5 Å². The molecule has 134 valence electrons. The molecule has 0 aliphatic carbocycles. The molecule has 0 amide bonds. The van der Waals surface area contributed by atoms with E-state index in [1.165, 1.54) is 13.2 Å². The Balaban J connectivity index is 1.93. The predicted octanol–water partition coefficient (Wildman–Crippen LogP) is 4.08. The van der Waals surface area contributed by atoms with E-state index in [1.807, 2.05) is 36.6 Å². The highest BCUT2D eigenvalue weighted by molar-refractivity contribution is 7.98. The number of benzene rings is 2. The van der Waals surface area contributed by atoms with Crippen molar-refractivity contribution in [2.24, 2.45) is 0 Å². The van der Waals surface area contributed by atoms with E-state index in [4.69, 9.17) is 19.5 Å². The molecule has 5 nitrogen and oxygen atoms in total. The van der Waals surface area contributed by atoms with Gasteiger partial charge in [0.05, 0.1) is 7.11 Å². The Bertz CT molecular complexity index is 810. The number of esters is 1. The number of ether oxygens (including phenoxy) is 3. The fraction of sp³-hybridized carbons (Fsp3) is 0.200. The quantitative estimate of drug-likeness (QED) is 0.397. The summed E-state index contributed by atoms with van der Waals surface area (Å²) in [5.74, 6) is 0.537. The molecular formula is C20H19NO4S. The van der Waals surface area contributed by atoms with E-state index in [-0.39, 0.29) is 13.2 Å². The minimum Gasteiger partial charge on any atom is -0.493 e. The van der Waals surface area contributed by atoms with Crippen LogP contribution in [0.3, 0.4) is 0 Å². The van der Waals surface area contributed by atoms with Crippen LogP contribution in [0.5, 0.6) is 11.5 Å². The molecule has 0 aromatic heterocycles. The highest BCUT2D eigenvalue weighted by Crippen LogP contribution is 2.28. The van der Waals surface area contributed by atoms with Crippen LogP contribution in [-0.4, -0.2) is 25.9 Å². The molecule has 0 saturated heterocycles. The molecule has 0 fully saturated rings. The lowest BCUT2D eigenvalue weighted by Crippen LogP contribution is -2.00. The van der Waals surface area contributed by atoms with Crippen molar-refractivity contribution in [3.8, 4) is 17.6 Å². The van der Waals surface area contributed by atoms with E-state index < -0.39 is 5.97 Å². The highest BCUT2D eigenvalue weighted by atomic mass is 32.2. The van der Waals surface area contributed by atoms with Gasteiger partial charge in [0.1, 0.15) is 12.7 Å². The molecule has 0 N–H and O–H groups in total. The van der Waals surface area contributed by atoms with Gasteiger partial charge in [0, 0.05) is 11.0 Å². The first-order valence-corrected chi connectivity index (χ1v) is 9.04. The number of carbonyl (C=O) groups excluding carboxylic acids is 1. The topological polar surface area (TPSA) is 68.6 Å². The van der Waals surface area contributed by atoms with Gasteiger partial charge in [-0.15, -0.1) is 11.8 Å². The molecule has 2 rings (SSSR count). The average Bonchev–Trinajstić information content (AvgIpc) is 2.69. The molecular weight excluding hydrogens is 350 g/mol. The summed E-state index contributed by atoms with van der Waals surface area (Å²) in [6.45, 7) is 0.165. The number of rotatable bonds is 8. The van der Waals surface area contributed by atoms with Crippen LogP contribution >= 0.6 is 11.8 Å². The molecule has 0 heterocycles. The highest BCUT2D eigenvalue weighted by Gasteiger charge is 2.05. The molecule has 2 aromatic rings. The van der Waals surface area contributed by atoms with Crippen LogP contribution in [0.15, 0.2) is 53.4 Å². The molecule has 6 heteroatoms. The molecule has 0 radical (unpaired) electrons. The molecule has 0 unspecified atom stereocenters. The van der Waals surface area contributed by atoms with Gasteiger partial charge < -0.3 is 14.2 Å². The zero-order chi connectivity index (χ0) is 18.8. The van der Waals surface area contributed by atoms with Gasteiger partial charge >= 0.3 is 5.97 Å². The van der Waals surface area contributed by atoms with Gasteiger partial charge in [-0.1, -0.05) is 18.2 Å². The third-order valence-electron chi connectivity index (χ3n) is 3.43. The Hall–Kier alpha value is -2.91. The largest absolute Gasteiger partial charge is 0.493 e. The van der Waals surface area contributed by atoms with Crippen molar-refractivity contribution in [3.63, 3.8) is 0 Å². The second-order valence-electron chi connectivity index (χ2n) is 5.15. The number of methoxy groups -OCH3 is 1. The Labute approximate surface area is 157 Å². The van der Waals surface area contributed by atoms with Crippen molar-refractivity contribution < 1.29 is 19.0 Å². The van der Waals surface area contributed by atoms with Gasteiger partial charge in [0.15, 0.2) is 18.1 Å². The Morgan fingerprint density at radius 2 is 1.96 bits per heavy atom. The Kier molecular flexibility index (Phi) is 7.59. The Morgan fingerprint density at radius 3 is 2.62 bits per heavy atom. The molecule has 2 aromatic carbocycles. The SMILES string of the molecule is COc1cc(/C=C/C(=O)OCc2ccc(SC)cc2)ccc1OCC#N. The first-order chi connectivity index (χ1) is 12.7. The summed E-state index contributed by atoms with van der Waals surface area (Å²) in [7, 11) is 1.51. The van der Waals surface area contributed by atoms with Crippen LogP contribution in [0.1, 0.15) is 11.1 Å². The summed E-state index contributed by atoms with van der Waals surface area (Å²) in [6.07, 6.45) is 5.01. The van der Waals surface area contributed by atoms with Crippen LogP contribution in [0.2, 0.25) is 0 Å². The van der Waals surface area contributed by atoms with Crippen molar-refractivity contribution in [3.05, 3.63) is 59.7 Å². The second-order valence-corrected chi connectivity index (χ2v) is 6.03. The van der Waals surface area contributed by atoms with E-state index in [9.17, 15) is 4.79 Å². The fourth-order valence-corrected chi connectivity index (χ4v) is 2.51. The molecule has 0 aliphatic heterocycles. The van der Waals surface area contributed by atoms with Gasteiger partial charge in [0.25, 0.3) is 0 Å². The maximum absolute atomic E-state index is 11.9. The van der Waals surface area contributed by atoms with Crippen LogP contribution in [0.25, 0.3) is 6.08 Å². The first kappa shape index (κ1) is 19.4. The predicted molar refractivity (Wildman–Crippen MR) is 101 cm³/mol. The smallest absolute Gasteiger partial charge is 0.331 e. The average molecular weight is 369 g/mol. The number of hydrogen-bond donors (Lipinski definition) is 0. The summed E-state index contributed by atoms with van der Waals surface area (Å²) >= 11 is 1.66. The Morgan fingerprint density at radius 1 is 1.19 bits per heavy atom. The minimum atomic E-state index is -0.428. The number of hydrogen-bond acceptors (Lipinski definition) is 6. The minimum absolute atomic E-state index is 0.0597. The van der Waals surface area contributed by atoms with Crippen molar-refractivity contribution in [1.82, 2.24) is 0 Å². The number of nitriles is 1. The molecule has 0 atom stereocenters. The van der Waals surface area contributed by atoms with Crippen LogP contribution in [0.4, 0.5) is 0 Å². The van der Waals surface area contributed by atoms with E-state index >= 15 is 0 Å². The number of nitrogens with zero attached hydrogens (tertiary/aromatic N) is 1. The summed E-state index contributed by atoms with van der Waals surface area (Å²) < 4.78 is 15.7. The summed E-state index contributed by atoms with van der Waals surface area (Å²) in [6, 6.07) is 14.9. The van der Waals surface area contributed by atoms with E-state index in [2.05, 4.69) is 0 Å². The third kappa shape index (κ3) is 5.87. The molecule has 0 saturated carbocycles. The lowest BCUT2D eigenvalue weighted by Gasteiger charge is -2.08. The molecule has 0 bridgehead atoms.